The van der Waals surface area contributed by atoms with Crippen LogP contribution in [0.1, 0.15) is 23.7 Å². The number of aromatic nitrogens is 2. The van der Waals surface area contributed by atoms with Gasteiger partial charge >= 0.3 is 0 Å². The number of nitrogens with zero attached hydrogens (tertiary/aromatic N) is 2. The van der Waals surface area contributed by atoms with Crippen molar-refractivity contribution < 1.29 is 4.39 Å². The second-order valence-corrected chi connectivity index (χ2v) is 6.91. The molecule has 3 aromatic rings. The summed E-state index contributed by atoms with van der Waals surface area (Å²) in [4.78, 5) is 5.67. The minimum atomic E-state index is -0.281. The maximum Gasteiger partial charge on any atom is 0.125 e. The Labute approximate surface area is 136 Å². The smallest absolute Gasteiger partial charge is 0.125 e. The maximum atomic E-state index is 13.4. The third-order valence-corrected chi connectivity index (χ3v) is 5.03. The number of hydrogen-bond acceptors (Lipinski definition) is 2. The molecule has 0 N–H and O–H groups in total. The predicted molar refractivity (Wildman–Crippen MR) is 87.3 cm³/mol. The Kier molecular flexibility index (Phi) is 4.20. The monoisotopic (exact) mass is 342 g/mol. The SMILES string of the molecule is CC(c1ccc(Cl)s1)n1c(CCCl)nc2cc(F)ccc21. The quantitative estimate of drug-likeness (QED) is 0.589. The highest BCUT2D eigenvalue weighted by molar-refractivity contribution is 7.16. The molecule has 1 unspecified atom stereocenters. The average molecular weight is 343 g/mol. The van der Waals surface area contributed by atoms with Gasteiger partial charge in [0.1, 0.15) is 11.6 Å². The van der Waals surface area contributed by atoms with Gasteiger partial charge in [0.25, 0.3) is 0 Å². The summed E-state index contributed by atoms with van der Waals surface area (Å²) in [5, 5.41) is 0. The molecular formula is C15H13Cl2FN2S. The van der Waals surface area contributed by atoms with Crippen molar-refractivity contribution in [2.24, 2.45) is 0 Å². The van der Waals surface area contributed by atoms with Gasteiger partial charge in [-0.15, -0.1) is 22.9 Å². The van der Waals surface area contributed by atoms with Crippen LogP contribution in [0.25, 0.3) is 11.0 Å². The van der Waals surface area contributed by atoms with Gasteiger partial charge < -0.3 is 4.57 Å². The van der Waals surface area contributed by atoms with Crippen molar-refractivity contribution in [2.75, 3.05) is 5.88 Å². The van der Waals surface area contributed by atoms with E-state index in [0.29, 0.717) is 17.8 Å². The van der Waals surface area contributed by atoms with Gasteiger partial charge in [-0.1, -0.05) is 11.6 Å². The standard InChI is InChI=1S/C15H13Cl2FN2S/c1-9(13-4-5-14(17)21-13)20-12-3-2-10(18)8-11(12)19-15(20)6-7-16/h2-5,8-9H,6-7H2,1H3. The molecule has 2 nitrogen and oxygen atoms in total. The van der Waals surface area contributed by atoms with Crippen LogP contribution < -0.4 is 0 Å². The Morgan fingerprint density at radius 1 is 1.33 bits per heavy atom. The summed E-state index contributed by atoms with van der Waals surface area (Å²) < 4.78 is 16.3. The fourth-order valence-corrected chi connectivity index (χ4v) is 3.77. The highest BCUT2D eigenvalue weighted by atomic mass is 35.5. The summed E-state index contributed by atoms with van der Waals surface area (Å²) in [5.74, 6) is 1.06. The molecule has 2 heterocycles. The molecule has 3 rings (SSSR count). The fraction of sp³-hybridized carbons (Fsp3) is 0.267. The van der Waals surface area contributed by atoms with E-state index >= 15 is 0 Å². The van der Waals surface area contributed by atoms with Crippen LogP contribution >= 0.6 is 34.5 Å². The predicted octanol–water partition coefficient (Wildman–Crippen LogP) is 5.28. The number of aryl methyl sites for hydroxylation is 1. The van der Waals surface area contributed by atoms with Gasteiger partial charge in [0.15, 0.2) is 0 Å². The fourth-order valence-electron chi connectivity index (χ4n) is 2.49. The van der Waals surface area contributed by atoms with E-state index in [0.717, 1.165) is 20.6 Å². The van der Waals surface area contributed by atoms with Crippen molar-refractivity contribution in [1.82, 2.24) is 9.55 Å². The van der Waals surface area contributed by atoms with Crippen LogP contribution in [0.15, 0.2) is 30.3 Å². The minimum absolute atomic E-state index is 0.0798. The van der Waals surface area contributed by atoms with Crippen LogP contribution in [0.2, 0.25) is 4.34 Å². The number of alkyl halides is 1. The number of imidazole rings is 1. The zero-order valence-corrected chi connectivity index (χ0v) is 13.6. The summed E-state index contributed by atoms with van der Waals surface area (Å²) in [6.45, 7) is 2.09. The number of fused-ring (bicyclic) bond motifs is 1. The lowest BCUT2D eigenvalue weighted by molar-refractivity contribution is 0.626. The highest BCUT2D eigenvalue weighted by Crippen LogP contribution is 2.32. The van der Waals surface area contributed by atoms with Gasteiger partial charge in [0.2, 0.25) is 0 Å². The van der Waals surface area contributed by atoms with E-state index in [-0.39, 0.29) is 11.9 Å². The molecule has 0 spiro atoms. The molecule has 21 heavy (non-hydrogen) atoms. The van der Waals surface area contributed by atoms with E-state index in [4.69, 9.17) is 23.2 Å². The van der Waals surface area contributed by atoms with Crippen molar-refractivity contribution in [1.29, 1.82) is 0 Å². The molecule has 1 aromatic carbocycles. The number of thiophene rings is 1. The average Bonchev–Trinajstić information content (AvgIpc) is 3.01. The molecule has 0 bridgehead atoms. The van der Waals surface area contributed by atoms with Crippen LogP contribution in [0, 0.1) is 5.82 Å². The Hall–Kier alpha value is -1.10. The van der Waals surface area contributed by atoms with E-state index < -0.39 is 0 Å². The molecule has 0 aliphatic carbocycles. The van der Waals surface area contributed by atoms with Crippen LogP contribution in [-0.4, -0.2) is 15.4 Å². The normalized spacial score (nSPS) is 13.0. The second kappa shape index (κ2) is 5.95. The summed E-state index contributed by atoms with van der Waals surface area (Å²) in [5.41, 5.74) is 1.57. The largest absolute Gasteiger partial charge is 0.320 e. The van der Waals surface area contributed by atoms with E-state index in [2.05, 4.69) is 16.5 Å². The lowest BCUT2D eigenvalue weighted by atomic mass is 10.2. The van der Waals surface area contributed by atoms with Crippen molar-refractivity contribution in [2.45, 2.75) is 19.4 Å². The first-order chi connectivity index (χ1) is 10.1. The number of rotatable bonds is 4. The van der Waals surface area contributed by atoms with Crippen molar-refractivity contribution >= 4 is 45.6 Å². The first-order valence-electron chi connectivity index (χ1n) is 6.57. The molecule has 0 amide bonds. The van der Waals surface area contributed by atoms with E-state index in [9.17, 15) is 4.39 Å². The van der Waals surface area contributed by atoms with Crippen LogP contribution in [0.5, 0.6) is 0 Å². The number of benzene rings is 1. The van der Waals surface area contributed by atoms with Gasteiger partial charge in [-0.3, -0.25) is 0 Å². The van der Waals surface area contributed by atoms with E-state index in [1.165, 1.54) is 12.1 Å². The molecule has 0 aliphatic heterocycles. The summed E-state index contributed by atoms with van der Waals surface area (Å²) in [6, 6.07) is 8.66. The Morgan fingerprint density at radius 2 is 2.14 bits per heavy atom. The number of halogens is 3. The maximum absolute atomic E-state index is 13.4. The molecule has 0 fully saturated rings. The lowest BCUT2D eigenvalue weighted by Crippen LogP contribution is -2.10. The first kappa shape index (κ1) is 14.8. The third-order valence-electron chi connectivity index (χ3n) is 3.44. The summed E-state index contributed by atoms with van der Waals surface area (Å²) in [7, 11) is 0. The molecule has 1 atom stereocenters. The summed E-state index contributed by atoms with van der Waals surface area (Å²) in [6.07, 6.45) is 0.640. The third kappa shape index (κ3) is 2.80. The topological polar surface area (TPSA) is 17.8 Å². The van der Waals surface area contributed by atoms with Crippen molar-refractivity contribution in [3.8, 4) is 0 Å². The molecule has 2 aromatic heterocycles. The zero-order chi connectivity index (χ0) is 15.0. The van der Waals surface area contributed by atoms with Crippen LogP contribution in [0.3, 0.4) is 0 Å². The van der Waals surface area contributed by atoms with Crippen LogP contribution in [0.4, 0.5) is 4.39 Å². The van der Waals surface area contributed by atoms with Crippen LogP contribution in [-0.2, 0) is 6.42 Å². The molecule has 0 aliphatic rings. The lowest BCUT2D eigenvalue weighted by Gasteiger charge is -2.16. The minimum Gasteiger partial charge on any atom is -0.320 e. The van der Waals surface area contributed by atoms with Gasteiger partial charge in [0, 0.05) is 23.2 Å². The Morgan fingerprint density at radius 3 is 2.81 bits per heavy atom. The van der Waals surface area contributed by atoms with E-state index in [1.54, 1.807) is 17.4 Å². The van der Waals surface area contributed by atoms with E-state index in [1.807, 2.05) is 12.1 Å². The number of hydrogen-bond donors (Lipinski definition) is 0. The highest BCUT2D eigenvalue weighted by Gasteiger charge is 2.18. The molecule has 0 radical (unpaired) electrons. The Balaban J connectivity index is 2.16. The molecule has 0 saturated carbocycles. The van der Waals surface area contributed by atoms with Crippen molar-refractivity contribution in [3.63, 3.8) is 0 Å². The second-order valence-electron chi connectivity index (χ2n) is 4.79. The molecule has 110 valence electrons. The Bertz CT molecular complexity index is 781. The summed E-state index contributed by atoms with van der Waals surface area (Å²) >= 11 is 13.4. The molecule has 0 saturated heterocycles. The molecule has 6 heteroatoms. The van der Waals surface area contributed by atoms with Gasteiger partial charge in [-0.2, -0.15) is 0 Å². The molecular weight excluding hydrogens is 330 g/mol. The van der Waals surface area contributed by atoms with Gasteiger partial charge in [0.05, 0.1) is 21.4 Å². The van der Waals surface area contributed by atoms with Gasteiger partial charge in [-0.25, -0.2) is 9.37 Å². The van der Waals surface area contributed by atoms with Crippen molar-refractivity contribution in [3.05, 3.63) is 51.2 Å². The first-order valence-corrected chi connectivity index (χ1v) is 8.30. The van der Waals surface area contributed by atoms with Gasteiger partial charge in [-0.05, 0) is 31.2 Å². The zero-order valence-electron chi connectivity index (χ0n) is 11.3.